The number of ether oxygens (including phenoxy) is 1. The summed E-state index contributed by atoms with van der Waals surface area (Å²) in [6.07, 6.45) is 0. The molecule has 5 heteroatoms. The number of halogens is 2. The summed E-state index contributed by atoms with van der Waals surface area (Å²) >= 11 is 8.18. The number of hydrogen-bond donors (Lipinski definition) is 0. The van der Waals surface area contributed by atoms with Crippen molar-refractivity contribution in [2.24, 2.45) is 0 Å². The van der Waals surface area contributed by atoms with Gasteiger partial charge in [-0.25, -0.2) is 0 Å². The van der Waals surface area contributed by atoms with Crippen LogP contribution >= 0.6 is 43.2 Å². The predicted molar refractivity (Wildman–Crippen MR) is 68.3 cm³/mol. The second kappa shape index (κ2) is 5.09. The van der Waals surface area contributed by atoms with Gasteiger partial charge in [-0.3, -0.25) is 0 Å². The van der Waals surface area contributed by atoms with Crippen LogP contribution in [0.2, 0.25) is 0 Å². The molecule has 1 heterocycles. The molecule has 0 unspecified atom stereocenters. The third-order valence-corrected chi connectivity index (χ3v) is 3.66. The highest BCUT2D eigenvalue weighted by Crippen LogP contribution is 2.23. The quantitative estimate of drug-likeness (QED) is 0.827. The average molecular weight is 349 g/mol. The molecular formula is C10H7Br2NOS. The molecule has 0 fully saturated rings. The lowest BCUT2D eigenvalue weighted by molar-refractivity contribution is 0.304. The second-order valence-electron chi connectivity index (χ2n) is 2.85. The van der Waals surface area contributed by atoms with Crippen LogP contribution in [0.3, 0.4) is 0 Å². The molecule has 2 aromatic rings. The van der Waals surface area contributed by atoms with Gasteiger partial charge >= 0.3 is 0 Å². The molecule has 0 spiro atoms. The molecule has 1 aromatic heterocycles. The Morgan fingerprint density at radius 2 is 2.20 bits per heavy atom. The summed E-state index contributed by atoms with van der Waals surface area (Å²) in [6, 6.07) is 8.03. The van der Waals surface area contributed by atoms with E-state index in [1.54, 1.807) is 0 Å². The normalized spacial score (nSPS) is 10.3. The van der Waals surface area contributed by atoms with Gasteiger partial charge < -0.3 is 4.74 Å². The van der Waals surface area contributed by atoms with Crippen molar-refractivity contribution in [2.75, 3.05) is 0 Å². The van der Waals surface area contributed by atoms with Gasteiger partial charge in [-0.15, -0.1) is 0 Å². The number of hydrogen-bond acceptors (Lipinski definition) is 3. The minimum Gasteiger partial charge on any atom is -0.465 e. The van der Waals surface area contributed by atoms with Crippen molar-refractivity contribution in [1.82, 2.24) is 4.98 Å². The maximum absolute atomic E-state index is 5.52. The molecule has 15 heavy (non-hydrogen) atoms. The van der Waals surface area contributed by atoms with Gasteiger partial charge in [0.15, 0.2) is 0 Å². The predicted octanol–water partition coefficient (Wildman–Crippen LogP) is 4.25. The standard InChI is InChI=1S/C10H7Br2NOS/c11-8-3-1-2-7(4-8)5-14-10-13-9(12)6-15-10/h1-4,6H,5H2. The van der Waals surface area contributed by atoms with Crippen molar-refractivity contribution < 1.29 is 4.74 Å². The van der Waals surface area contributed by atoms with Gasteiger partial charge in [-0.2, -0.15) is 4.98 Å². The summed E-state index contributed by atoms with van der Waals surface area (Å²) in [7, 11) is 0. The fraction of sp³-hybridized carbons (Fsp3) is 0.100. The molecule has 0 saturated heterocycles. The lowest BCUT2D eigenvalue weighted by Crippen LogP contribution is -1.94. The topological polar surface area (TPSA) is 22.1 Å². The Hall–Kier alpha value is -0.390. The van der Waals surface area contributed by atoms with E-state index in [1.165, 1.54) is 11.3 Å². The second-order valence-corrected chi connectivity index (χ2v) is 5.40. The Balaban J connectivity index is 1.99. The summed E-state index contributed by atoms with van der Waals surface area (Å²) in [5.41, 5.74) is 1.12. The molecule has 2 nitrogen and oxygen atoms in total. The molecule has 0 N–H and O–H groups in total. The Morgan fingerprint density at radius 1 is 1.33 bits per heavy atom. The van der Waals surface area contributed by atoms with E-state index in [2.05, 4.69) is 36.8 Å². The van der Waals surface area contributed by atoms with E-state index < -0.39 is 0 Å². The van der Waals surface area contributed by atoms with Crippen LogP contribution in [-0.4, -0.2) is 4.98 Å². The maximum Gasteiger partial charge on any atom is 0.274 e. The zero-order valence-corrected chi connectivity index (χ0v) is 11.6. The van der Waals surface area contributed by atoms with E-state index in [0.717, 1.165) is 14.6 Å². The number of thiazole rings is 1. The molecule has 1 aromatic carbocycles. The van der Waals surface area contributed by atoms with E-state index in [1.807, 2.05) is 29.6 Å². The van der Waals surface area contributed by atoms with Crippen LogP contribution in [0.15, 0.2) is 38.7 Å². The van der Waals surface area contributed by atoms with Crippen molar-refractivity contribution in [3.05, 3.63) is 44.3 Å². The smallest absolute Gasteiger partial charge is 0.274 e. The molecule has 78 valence electrons. The summed E-state index contributed by atoms with van der Waals surface area (Å²) in [6.45, 7) is 0.541. The number of nitrogens with zero attached hydrogens (tertiary/aromatic N) is 1. The zero-order chi connectivity index (χ0) is 10.7. The highest BCUT2D eigenvalue weighted by atomic mass is 79.9. The monoisotopic (exact) mass is 347 g/mol. The Morgan fingerprint density at radius 3 is 2.87 bits per heavy atom. The number of rotatable bonds is 3. The Kier molecular flexibility index (Phi) is 3.77. The van der Waals surface area contributed by atoms with Gasteiger partial charge in [0.2, 0.25) is 0 Å². The van der Waals surface area contributed by atoms with Crippen LogP contribution in [0.1, 0.15) is 5.56 Å². The summed E-state index contributed by atoms with van der Waals surface area (Å²) in [5, 5.41) is 2.58. The molecule has 0 bridgehead atoms. The molecule has 0 atom stereocenters. The van der Waals surface area contributed by atoms with Gasteiger partial charge in [0.1, 0.15) is 11.2 Å². The third-order valence-electron chi connectivity index (χ3n) is 1.71. The zero-order valence-electron chi connectivity index (χ0n) is 7.61. The van der Waals surface area contributed by atoms with E-state index in [0.29, 0.717) is 11.8 Å². The highest BCUT2D eigenvalue weighted by molar-refractivity contribution is 9.10. The average Bonchev–Trinajstić information content (AvgIpc) is 2.62. The molecule has 0 aliphatic carbocycles. The number of aromatic nitrogens is 1. The molecule has 0 saturated carbocycles. The minimum atomic E-state index is 0.541. The summed E-state index contributed by atoms with van der Waals surface area (Å²) in [5.74, 6) is 0. The number of benzene rings is 1. The molecule has 0 aliphatic heterocycles. The molecule has 0 radical (unpaired) electrons. The molecular weight excluding hydrogens is 342 g/mol. The highest BCUT2D eigenvalue weighted by Gasteiger charge is 2.01. The van der Waals surface area contributed by atoms with E-state index in [4.69, 9.17) is 4.74 Å². The van der Waals surface area contributed by atoms with Crippen molar-refractivity contribution >= 4 is 43.2 Å². The molecule has 2 rings (SSSR count). The van der Waals surface area contributed by atoms with Crippen LogP contribution in [0, 0.1) is 0 Å². The van der Waals surface area contributed by atoms with Crippen molar-refractivity contribution in [2.45, 2.75) is 6.61 Å². The van der Waals surface area contributed by atoms with Gasteiger partial charge in [0.05, 0.1) is 0 Å². The maximum atomic E-state index is 5.52. The minimum absolute atomic E-state index is 0.541. The third kappa shape index (κ3) is 3.29. The lowest BCUT2D eigenvalue weighted by Gasteiger charge is -2.02. The van der Waals surface area contributed by atoms with Gasteiger partial charge in [0.25, 0.3) is 5.19 Å². The van der Waals surface area contributed by atoms with Crippen molar-refractivity contribution in [3.8, 4) is 5.19 Å². The fourth-order valence-corrected chi connectivity index (χ4v) is 2.61. The first-order valence-corrected chi connectivity index (χ1v) is 6.69. The van der Waals surface area contributed by atoms with Crippen LogP contribution in [0.25, 0.3) is 0 Å². The molecule has 0 amide bonds. The van der Waals surface area contributed by atoms with Crippen LogP contribution in [0.5, 0.6) is 5.19 Å². The van der Waals surface area contributed by atoms with Crippen LogP contribution < -0.4 is 4.74 Å². The van der Waals surface area contributed by atoms with E-state index >= 15 is 0 Å². The van der Waals surface area contributed by atoms with Gasteiger partial charge in [-0.1, -0.05) is 39.4 Å². The SMILES string of the molecule is Brc1cccc(COc2nc(Br)cs2)c1. The largest absolute Gasteiger partial charge is 0.465 e. The van der Waals surface area contributed by atoms with E-state index in [-0.39, 0.29) is 0 Å². The van der Waals surface area contributed by atoms with Crippen LogP contribution in [0.4, 0.5) is 0 Å². The Labute approximate surface area is 109 Å². The van der Waals surface area contributed by atoms with Crippen LogP contribution in [-0.2, 0) is 6.61 Å². The van der Waals surface area contributed by atoms with Crippen molar-refractivity contribution in [1.29, 1.82) is 0 Å². The lowest BCUT2D eigenvalue weighted by atomic mass is 10.2. The summed E-state index contributed by atoms with van der Waals surface area (Å²) in [4.78, 5) is 4.15. The van der Waals surface area contributed by atoms with E-state index in [9.17, 15) is 0 Å². The van der Waals surface area contributed by atoms with Gasteiger partial charge in [-0.05, 0) is 33.6 Å². The summed E-state index contributed by atoms with van der Waals surface area (Å²) < 4.78 is 7.40. The molecule has 0 aliphatic rings. The van der Waals surface area contributed by atoms with Crippen molar-refractivity contribution in [3.63, 3.8) is 0 Å². The first kappa shape index (κ1) is 11.1. The Bertz CT molecular complexity index is 458. The fourth-order valence-electron chi connectivity index (χ4n) is 1.08. The van der Waals surface area contributed by atoms with Gasteiger partial charge in [0, 0.05) is 9.85 Å². The first-order valence-electron chi connectivity index (χ1n) is 4.22. The first-order chi connectivity index (χ1) is 7.24.